The molecule has 2 rings (SSSR count). The van der Waals surface area contributed by atoms with E-state index in [1.807, 2.05) is 0 Å². The first-order valence-electron chi connectivity index (χ1n) is 6.73. The van der Waals surface area contributed by atoms with E-state index in [4.69, 9.17) is 4.74 Å². The Hall–Kier alpha value is -1.09. The third-order valence-corrected chi connectivity index (χ3v) is 3.85. The van der Waals surface area contributed by atoms with E-state index >= 15 is 0 Å². The van der Waals surface area contributed by atoms with Gasteiger partial charge in [-0.15, -0.1) is 0 Å². The molecule has 1 fully saturated rings. The molecule has 0 radical (unpaired) electrons. The molecular weight excluding hydrogens is 231 g/mol. The number of benzene rings is 1. The topological polar surface area (TPSA) is 29.5 Å². The summed E-state index contributed by atoms with van der Waals surface area (Å²) in [6, 6.07) is 4.94. The van der Waals surface area contributed by atoms with Crippen LogP contribution in [0.3, 0.4) is 0 Å². The van der Waals surface area contributed by atoms with Crippen molar-refractivity contribution in [3.63, 3.8) is 0 Å². The number of methoxy groups -OCH3 is 1. The summed E-state index contributed by atoms with van der Waals surface area (Å²) in [5.41, 5.74) is 0.361. The second-order valence-electron chi connectivity index (χ2n) is 5.12. The van der Waals surface area contributed by atoms with Crippen molar-refractivity contribution in [3.8, 4) is 5.75 Å². The van der Waals surface area contributed by atoms with Crippen LogP contribution in [0, 0.1) is 11.7 Å². The van der Waals surface area contributed by atoms with Crippen molar-refractivity contribution in [2.45, 2.75) is 44.6 Å². The van der Waals surface area contributed by atoms with Gasteiger partial charge in [0.15, 0.2) is 11.6 Å². The lowest BCUT2D eigenvalue weighted by atomic mass is 9.84. The van der Waals surface area contributed by atoms with E-state index < -0.39 is 11.9 Å². The normalized spacial score (nSPS) is 18.6. The highest BCUT2D eigenvalue weighted by molar-refractivity contribution is 5.32. The van der Waals surface area contributed by atoms with Gasteiger partial charge in [-0.05, 0) is 18.4 Å². The van der Waals surface area contributed by atoms with E-state index in [2.05, 4.69) is 0 Å². The zero-order chi connectivity index (χ0) is 13.0. The van der Waals surface area contributed by atoms with Gasteiger partial charge in [-0.25, -0.2) is 4.39 Å². The fourth-order valence-corrected chi connectivity index (χ4v) is 2.81. The molecule has 1 aliphatic rings. The van der Waals surface area contributed by atoms with Crippen molar-refractivity contribution in [2.24, 2.45) is 5.92 Å². The largest absolute Gasteiger partial charge is 0.494 e. The minimum atomic E-state index is -0.719. The molecule has 1 N–H and O–H groups in total. The Balaban J connectivity index is 2.05. The van der Waals surface area contributed by atoms with Gasteiger partial charge in [0.25, 0.3) is 0 Å². The maximum atomic E-state index is 14.0. The van der Waals surface area contributed by atoms with Crippen LogP contribution >= 0.6 is 0 Å². The summed E-state index contributed by atoms with van der Waals surface area (Å²) >= 11 is 0. The molecule has 1 aliphatic carbocycles. The minimum Gasteiger partial charge on any atom is -0.494 e. The Kier molecular flexibility index (Phi) is 4.59. The zero-order valence-corrected chi connectivity index (χ0v) is 10.9. The van der Waals surface area contributed by atoms with Gasteiger partial charge < -0.3 is 9.84 Å². The molecular formula is C15H21FO2. The van der Waals surface area contributed by atoms with Crippen LogP contribution in [0.4, 0.5) is 4.39 Å². The number of hydrogen-bond donors (Lipinski definition) is 1. The van der Waals surface area contributed by atoms with Gasteiger partial charge in [0.05, 0.1) is 13.2 Å². The fourth-order valence-electron chi connectivity index (χ4n) is 2.81. The Bertz CT molecular complexity index is 386. The Morgan fingerprint density at radius 2 is 2.06 bits per heavy atom. The summed E-state index contributed by atoms with van der Waals surface area (Å²) < 4.78 is 18.9. The third-order valence-electron chi connectivity index (χ3n) is 3.85. The average Bonchev–Trinajstić information content (AvgIpc) is 2.40. The molecule has 0 saturated heterocycles. The molecule has 100 valence electrons. The highest BCUT2D eigenvalue weighted by Gasteiger charge is 2.21. The van der Waals surface area contributed by atoms with Gasteiger partial charge in [0.2, 0.25) is 0 Å². The van der Waals surface area contributed by atoms with Crippen LogP contribution in [0.2, 0.25) is 0 Å². The molecule has 0 spiro atoms. The minimum absolute atomic E-state index is 0.204. The number of aliphatic hydroxyl groups is 1. The number of hydrogen-bond acceptors (Lipinski definition) is 2. The second-order valence-corrected chi connectivity index (χ2v) is 5.12. The van der Waals surface area contributed by atoms with Crippen LogP contribution in [0.15, 0.2) is 18.2 Å². The smallest absolute Gasteiger partial charge is 0.170 e. The lowest BCUT2D eigenvalue weighted by Crippen LogP contribution is -2.12. The second kappa shape index (κ2) is 6.19. The molecule has 3 heteroatoms. The summed E-state index contributed by atoms with van der Waals surface area (Å²) in [6.45, 7) is 0. The number of aliphatic hydroxyl groups excluding tert-OH is 1. The summed E-state index contributed by atoms with van der Waals surface area (Å²) in [5.74, 6) is 0.304. The van der Waals surface area contributed by atoms with Gasteiger partial charge in [0, 0.05) is 5.56 Å². The molecule has 0 bridgehead atoms. The maximum Gasteiger partial charge on any atom is 0.170 e. The summed E-state index contributed by atoms with van der Waals surface area (Å²) in [5, 5.41) is 10.2. The molecule has 1 aromatic rings. The first-order valence-corrected chi connectivity index (χ1v) is 6.73. The molecule has 1 atom stereocenters. The van der Waals surface area contributed by atoms with Crippen molar-refractivity contribution in [1.29, 1.82) is 0 Å². The van der Waals surface area contributed by atoms with E-state index in [9.17, 15) is 9.50 Å². The summed E-state index contributed by atoms with van der Waals surface area (Å²) in [4.78, 5) is 0. The SMILES string of the molecule is COc1cccc(C(O)CC2CCCCC2)c1F. The first-order chi connectivity index (χ1) is 8.72. The van der Waals surface area contributed by atoms with Gasteiger partial charge in [-0.3, -0.25) is 0 Å². The van der Waals surface area contributed by atoms with Gasteiger partial charge >= 0.3 is 0 Å². The summed E-state index contributed by atoms with van der Waals surface area (Å²) in [6.07, 6.45) is 6.01. The van der Waals surface area contributed by atoms with Crippen molar-refractivity contribution < 1.29 is 14.2 Å². The highest BCUT2D eigenvalue weighted by Crippen LogP contribution is 2.34. The average molecular weight is 252 g/mol. The lowest BCUT2D eigenvalue weighted by Gasteiger charge is -2.24. The third kappa shape index (κ3) is 3.02. The van der Waals surface area contributed by atoms with Gasteiger partial charge in [-0.1, -0.05) is 44.2 Å². The van der Waals surface area contributed by atoms with E-state index in [0.29, 0.717) is 17.9 Å². The van der Waals surface area contributed by atoms with Crippen molar-refractivity contribution >= 4 is 0 Å². The Morgan fingerprint density at radius 3 is 2.72 bits per heavy atom. The van der Waals surface area contributed by atoms with Crippen LogP contribution in [-0.2, 0) is 0 Å². The highest BCUT2D eigenvalue weighted by atomic mass is 19.1. The van der Waals surface area contributed by atoms with Crippen LogP contribution in [0.25, 0.3) is 0 Å². The van der Waals surface area contributed by atoms with E-state index in [-0.39, 0.29) is 5.75 Å². The van der Waals surface area contributed by atoms with Crippen molar-refractivity contribution in [3.05, 3.63) is 29.6 Å². The molecule has 1 aromatic carbocycles. The van der Waals surface area contributed by atoms with Crippen LogP contribution in [-0.4, -0.2) is 12.2 Å². The maximum absolute atomic E-state index is 14.0. The van der Waals surface area contributed by atoms with Crippen molar-refractivity contribution in [2.75, 3.05) is 7.11 Å². The van der Waals surface area contributed by atoms with E-state index in [1.165, 1.54) is 26.4 Å². The van der Waals surface area contributed by atoms with Crippen LogP contribution < -0.4 is 4.74 Å². The molecule has 1 saturated carbocycles. The number of ether oxygens (including phenoxy) is 1. The standard InChI is InChI=1S/C15H21FO2/c1-18-14-9-5-8-12(15(14)16)13(17)10-11-6-3-2-4-7-11/h5,8-9,11,13,17H,2-4,6-7,10H2,1H3. The monoisotopic (exact) mass is 252 g/mol. The van der Waals surface area contributed by atoms with Gasteiger partial charge in [-0.2, -0.15) is 0 Å². The number of rotatable bonds is 4. The summed E-state index contributed by atoms with van der Waals surface area (Å²) in [7, 11) is 1.44. The molecule has 0 amide bonds. The van der Waals surface area contributed by atoms with Crippen LogP contribution in [0.5, 0.6) is 5.75 Å². The quantitative estimate of drug-likeness (QED) is 0.882. The Morgan fingerprint density at radius 1 is 1.33 bits per heavy atom. The molecule has 0 heterocycles. The predicted molar refractivity (Wildman–Crippen MR) is 69.1 cm³/mol. The predicted octanol–water partition coefficient (Wildman–Crippen LogP) is 3.84. The van der Waals surface area contributed by atoms with Crippen molar-refractivity contribution in [1.82, 2.24) is 0 Å². The van der Waals surface area contributed by atoms with E-state index in [0.717, 1.165) is 12.8 Å². The van der Waals surface area contributed by atoms with Gasteiger partial charge in [0.1, 0.15) is 0 Å². The molecule has 2 nitrogen and oxygen atoms in total. The fraction of sp³-hybridized carbons (Fsp3) is 0.600. The first kappa shape index (κ1) is 13.3. The van der Waals surface area contributed by atoms with E-state index in [1.54, 1.807) is 18.2 Å². The molecule has 0 aromatic heterocycles. The Labute approximate surface area is 108 Å². The number of halogens is 1. The molecule has 0 aliphatic heterocycles. The molecule has 18 heavy (non-hydrogen) atoms. The zero-order valence-electron chi connectivity index (χ0n) is 10.9. The van der Waals surface area contributed by atoms with Crippen LogP contribution in [0.1, 0.15) is 50.2 Å². The lowest BCUT2D eigenvalue weighted by molar-refractivity contribution is 0.127. The molecule has 1 unspecified atom stereocenters.